The largest absolute Gasteiger partial charge is 0.450 e. The molecule has 0 bridgehead atoms. The van der Waals surface area contributed by atoms with E-state index in [2.05, 4.69) is 10.6 Å². The lowest BCUT2D eigenvalue weighted by molar-refractivity contribution is -0.119. The Kier molecular flexibility index (Phi) is 6.26. The Balaban J connectivity index is 1.65. The van der Waals surface area contributed by atoms with Crippen molar-refractivity contribution in [2.45, 2.75) is 26.2 Å². The number of hydrogen-bond donors (Lipinski definition) is 2. The van der Waals surface area contributed by atoms with Gasteiger partial charge in [-0.05, 0) is 62.2 Å². The maximum absolute atomic E-state index is 12.5. The second kappa shape index (κ2) is 9.03. The van der Waals surface area contributed by atoms with Gasteiger partial charge in [0.25, 0.3) is 5.91 Å². The van der Waals surface area contributed by atoms with E-state index in [4.69, 9.17) is 4.74 Å². The molecule has 1 fully saturated rings. The summed E-state index contributed by atoms with van der Waals surface area (Å²) in [5.41, 5.74) is 2.40. The summed E-state index contributed by atoms with van der Waals surface area (Å²) in [6, 6.07) is 13.8. The van der Waals surface area contributed by atoms with Gasteiger partial charge >= 0.3 is 6.09 Å². The van der Waals surface area contributed by atoms with Gasteiger partial charge in [-0.1, -0.05) is 6.07 Å². The monoisotopic (exact) mass is 381 g/mol. The fraction of sp³-hybridized carbons (Fsp3) is 0.286. The molecule has 28 heavy (non-hydrogen) atoms. The van der Waals surface area contributed by atoms with Crippen molar-refractivity contribution in [2.24, 2.45) is 0 Å². The minimum Gasteiger partial charge on any atom is -0.450 e. The quantitative estimate of drug-likeness (QED) is 0.819. The van der Waals surface area contributed by atoms with Crippen LogP contribution in [0.25, 0.3) is 0 Å². The van der Waals surface area contributed by atoms with Gasteiger partial charge in [0.1, 0.15) is 0 Å². The molecule has 1 heterocycles. The molecule has 1 saturated heterocycles. The summed E-state index contributed by atoms with van der Waals surface area (Å²) >= 11 is 0. The highest BCUT2D eigenvalue weighted by Gasteiger charge is 2.19. The number of carbonyl (C=O) groups excluding carboxylic acids is 3. The maximum Gasteiger partial charge on any atom is 0.411 e. The van der Waals surface area contributed by atoms with Crippen LogP contribution in [-0.2, 0) is 9.53 Å². The first-order valence-corrected chi connectivity index (χ1v) is 9.32. The molecule has 1 aliphatic heterocycles. The average Bonchev–Trinajstić information content (AvgIpc) is 2.69. The van der Waals surface area contributed by atoms with Gasteiger partial charge in [0, 0.05) is 35.6 Å². The number of nitrogens with one attached hydrogen (secondary N) is 2. The maximum atomic E-state index is 12.5. The van der Waals surface area contributed by atoms with Crippen molar-refractivity contribution in [1.29, 1.82) is 0 Å². The Morgan fingerprint density at radius 2 is 1.82 bits per heavy atom. The summed E-state index contributed by atoms with van der Waals surface area (Å²) in [7, 11) is 0. The lowest BCUT2D eigenvalue weighted by atomic mass is 10.1. The van der Waals surface area contributed by atoms with Crippen LogP contribution < -0.4 is 15.5 Å². The van der Waals surface area contributed by atoms with Gasteiger partial charge in [-0.25, -0.2) is 4.79 Å². The third-order valence-corrected chi connectivity index (χ3v) is 4.41. The Hall–Kier alpha value is -3.35. The smallest absolute Gasteiger partial charge is 0.411 e. The van der Waals surface area contributed by atoms with Gasteiger partial charge in [0.15, 0.2) is 0 Å². The molecule has 0 aliphatic carbocycles. The zero-order valence-electron chi connectivity index (χ0n) is 15.7. The van der Waals surface area contributed by atoms with Crippen LogP contribution in [0.15, 0.2) is 48.5 Å². The molecule has 7 heteroatoms. The lowest BCUT2D eigenvalue weighted by Crippen LogP contribution is -2.35. The molecular weight excluding hydrogens is 358 g/mol. The van der Waals surface area contributed by atoms with Crippen LogP contribution in [-0.4, -0.2) is 31.1 Å². The highest BCUT2D eigenvalue weighted by Crippen LogP contribution is 2.24. The number of anilines is 3. The normalized spacial score (nSPS) is 13.8. The van der Waals surface area contributed by atoms with E-state index in [0.717, 1.165) is 18.5 Å². The molecule has 3 rings (SSSR count). The van der Waals surface area contributed by atoms with Crippen molar-refractivity contribution >= 4 is 35.0 Å². The molecule has 3 amide bonds. The van der Waals surface area contributed by atoms with Crippen molar-refractivity contribution in [3.8, 4) is 0 Å². The number of nitrogens with zero attached hydrogens (tertiary/aromatic N) is 1. The summed E-state index contributed by atoms with van der Waals surface area (Å²) in [6.07, 6.45) is 1.92. The third-order valence-electron chi connectivity index (χ3n) is 4.41. The van der Waals surface area contributed by atoms with E-state index < -0.39 is 6.09 Å². The van der Waals surface area contributed by atoms with Crippen LogP contribution in [0.4, 0.5) is 21.9 Å². The standard InChI is InChI=1S/C21H23N3O4/c1-2-28-21(27)23-16-11-9-15(10-12-16)20(26)22-17-6-5-7-18(14-17)24-13-4-3-8-19(24)25/h5-7,9-12,14H,2-4,8,13H2,1H3,(H,22,26)(H,23,27). The van der Waals surface area contributed by atoms with Crippen LogP contribution in [0.5, 0.6) is 0 Å². The fourth-order valence-electron chi connectivity index (χ4n) is 3.02. The highest BCUT2D eigenvalue weighted by atomic mass is 16.5. The minimum atomic E-state index is -0.538. The molecule has 2 N–H and O–H groups in total. The molecule has 2 aromatic carbocycles. The molecule has 7 nitrogen and oxygen atoms in total. The molecule has 0 unspecified atom stereocenters. The predicted octanol–water partition coefficient (Wildman–Crippen LogP) is 4.02. The van der Waals surface area contributed by atoms with Crippen LogP contribution in [0.1, 0.15) is 36.5 Å². The highest BCUT2D eigenvalue weighted by molar-refractivity contribution is 6.05. The van der Waals surface area contributed by atoms with Crippen molar-refractivity contribution < 1.29 is 19.1 Å². The van der Waals surface area contributed by atoms with Crippen LogP contribution in [0, 0.1) is 0 Å². The average molecular weight is 381 g/mol. The molecule has 1 aliphatic rings. The van der Waals surface area contributed by atoms with Crippen molar-refractivity contribution in [3.63, 3.8) is 0 Å². The van der Waals surface area contributed by atoms with Gasteiger partial charge < -0.3 is 15.0 Å². The summed E-state index contributed by atoms with van der Waals surface area (Å²) in [6.45, 7) is 2.71. The van der Waals surface area contributed by atoms with E-state index in [-0.39, 0.29) is 18.4 Å². The number of carbonyl (C=O) groups is 3. The first-order chi connectivity index (χ1) is 13.6. The molecule has 2 aromatic rings. The lowest BCUT2D eigenvalue weighted by Gasteiger charge is -2.27. The zero-order chi connectivity index (χ0) is 19.9. The SMILES string of the molecule is CCOC(=O)Nc1ccc(C(=O)Nc2cccc(N3CCCCC3=O)c2)cc1. The van der Waals surface area contributed by atoms with E-state index in [1.807, 2.05) is 12.1 Å². The number of hydrogen-bond acceptors (Lipinski definition) is 4. The van der Waals surface area contributed by atoms with E-state index in [1.54, 1.807) is 48.2 Å². The van der Waals surface area contributed by atoms with Crippen molar-refractivity contribution in [3.05, 3.63) is 54.1 Å². The topological polar surface area (TPSA) is 87.7 Å². The van der Waals surface area contributed by atoms with Crippen molar-refractivity contribution in [2.75, 3.05) is 28.7 Å². The Labute approximate surface area is 163 Å². The number of piperidine rings is 1. The second-order valence-electron chi connectivity index (χ2n) is 6.43. The van der Waals surface area contributed by atoms with Gasteiger partial charge in [-0.15, -0.1) is 0 Å². The van der Waals surface area contributed by atoms with E-state index >= 15 is 0 Å². The first kappa shape index (κ1) is 19.4. The molecule has 0 saturated carbocycles. The summed E-state index contributed by atoms with van der Waals surface area (Å²) in [4.78, 5) is 37.8. The van der Waals surface area contributed by atoms with Crippen LogP contribution in [0.2, 0.25) is 0 Å². The minimum absolute atomic E-state index is 0.111. The molecule has 0 radical (unpaired) electrons. The number of ether oxygens (including phenoxy) is 1. The van der Waals surface area contributed by atoms with E-state index in [0.29, 0.717) is 29.9 Å². The van der Waals surface area contributed by atoms with Crippen LogP contribution in [0.3, 0.4) is 0 Å². The molecule has 0 atom stereocenters. The molecular formula is C21H23N3O4. The van der Waals surface area contributed by atoms with Gasteiger partial charge in [0.2, 0.25) is 5.91 Å². The van der Waals surface area contributed by atoms with Crippen LogP contribution >= 0.6 is 0 Å². The first-order valence-electron chi connectivity index (χ1n) is 9.32. The number of rotatable bonds is 5. The van der Waals surface area contributed by atoms with E-state index in [1.165, 1.54) is 0 Å². The van der Waals surface area contributed by atoms with Crippen molar-refractivity contribution in [1.82, 2.24) is 0 Å². The number of benzene rings is 2. The summed E-state index contributed by atoms with van der Waals surface area (Å²) < 4.78 is 4.81. The Morgan fingerprint density at radius 3 is 2.54 bits per heavy atom. The Bertz CT molecular complexity index is 864. The predicted molar refractivity (Wildman–Crippen MR) is 108 cm³/mol. The molecule has 146 valence electrons. The summed E-state index contributed by atoms with van der Waals surface area (Å²) in [5.74, 6) is -0.163. The van der Waals surface area contributed by atoms with Gasteiger partial charge in [-0.2, -0.15) is 0 Å². The van der Waals surface area contributed by atoms with Gasteiger partial charge in [-0.3, -0.25) is 14.9 Å². The second-order valence-corrected chi connectivity index (χ2v) is 6.43. The Morgan fingerprint density at radius 1 is 1.04 bits per heavy atom. The number of amides is 3. The zero-order valence-corrected chi connectivity index (χ0v) is 15.7. The van der Waals surface area contributed by atoms with E-state index in [9.17, 15) is 14.4 Å². The van der Waals surface area contributed by atoms with Gasteiger partial charge in [0.05, 0.1) is 6.61 Å². The summed E-state index contributed by atoms with van der Waals surface area (Å²) in [5, 5.41) is 5.42. The molecule has 0 spiro atoms. The molecule has 0 aromatic heterocycles. The fourth-order valence-corrected chi connectivity index (χ4v) is 3.02. The third kappa shape index (κ3) is 4.88.